The van der Waals surface area contributed by atoms with E-state index < -0.39 is 16.6 Å². The molecule has 0 atom stereocenters. The summed E-state index contributed by atoms with van der Waals surface area (Å²) in [7, 11) is -3.54. The van der Waals surface area contributed by atoms with Crippen LogP contribution in [0, 0.1) is 0 Å². The molecule has 0 radical (unpaired) electrons. The van der Waals surface area contributed by atoms with Crippen molar-refractivity contribution in [2.75, 3.05) is 25.9 Å². The molecule has 0 unspecified atom stereocenters. The maximum absolute atomic E-state index is 8.60. The molecule has 0 rings (SSSR count). The molecule has 0 saturated carbocycles. The SMILES string of the molecule is C.C.C.C.C.C.C.C.C.C.C.C.C.C.C.CCOC[Si](C)(C)O[Si](C)(C)COCO. The molecule has 0 aromatic heterocycles. The molecule has 0 fully saturated rings. The third-order valence-electron chi connectivity index (χ3n) is 1.75. The van der Waals surface area contributed by atoms with Gasteiger partial charge in [0.2, 0.25) is 0 Å². The van der Waals surface area contributed by atoms with Crippen molar-refractivity contribution >= 4 is 16.6 Å². The fourth-order valence-corrected chi connectivity index (χ4v) is 9.18. The molecule has 0 aliphatic heterocycles. The summed E-state index contributed by atoms with van der Waals surface area (Å²) in [6, 6.07) is 0. The smallest absolute Gasteiger partial charge is 0.199 e. The van der Waals surface area contributed by atoms with E-state index in [1.807, 2.05) is 6.92 Å². The van der Waals surface area contributed by atoms with Gasteiger partial charge >= 0.3 is 0 Å². The molecule has 0 aromatic rings. The zero-order valence-corrected chi connectivity index (χ0v) is 12.5. The van der Waals surface area contributed by atoms with Gasteiger partial charge in [0.05, 0.1) is 12.5 Å². The van der Waals surface area contributed by atoms with Gasteiger partial charge in [-0.1, -0.05) is 111 Å². The molecular weight excluding hydrogens is 408 g/mol. The second kappa shape index (κ2) is 63.0. The van der Waals surface area contributed by atoms with Crippen LogP contribution in [0.4, 0.5) is 0 Å². The Morgan fingerprint density at radius 2 is 0.733 bits per heavy atom. The molecule has 0 heterocycles. The van der Waals surface area contributed by atoms with Gasteiger partial charge in [0.1, 0.15) is 6.79 Å². The summed E-state index contributed by atoms with van der Waals surface area (Å²) in [5.74, 6) is 0. The third kappa shape index (κ3) is 79.4. The van der Waals surface area contributed by atoms with Crippen LogP contribution in [0.2, 0.25) is 26.2 Å². The Morgan fingerprint density at radius 1 is 0.500 bits per heavy atom. The summed E-state index contributed by atoms with van der Waals surface area (Å²) in [5, 5.41) is 8.60. The highest BCUT2D eigenvalue weighted by molar-refractivity contribution is 6.84. The highest BCUT2D eigenvalue weighted by atomic mass is 28.4. The molecular formula is C24H84O4Si2. The van der Waals surface area contributed by atoms with Crippen LogP contribution in [0.15, 0.2) is 0 Å². The molecule has 4 nitrogen and oxygen atoms in total. The van der Waals surface area contributed by atoms with E-state index in [1.165, 1.54) is 0 Å². The fourth-order valence-electron chi connectivity index (χ4n) is 1.45. The van der Waals surface area contributed by atoms with Gasteiger partial charge in [0.25, 0.3) is 0 Å². The van der Waals surface area contributed by atoms with Crippen LogP contribution in [0.3, 0.4) is 0 Å². The van der Waals surface area contributed by atoms with Crippen molar-refractivity contribution in [2.45, 2.75) is 145 Å². The van der Waals surface area contributed by atoms with Crippen LogP contribution < -0.4 is 0 Å². The minimum Gasteiger partial charge on any atom is -0.453 e. The lowest BCUT2D eigenvalue weighted by Gasteiger charge is -2.33. The van der Waals surface area contributed by atoms with Gasteiger partial charge in [-0.2, -0.15) is 0 Å². The first-order chi connectivity index (χ1) is 6.83. The molecule has 0 aliphatic rings. The second-order valence-electron chi connectivity index (χ2n) is 4.74. The van der Waals surface area contributed by atoms with Crippen molar-refractivity contribution in [3.63, 3.8) is 0 Å². The van der Waals surface area contributed by atoms with E-state index >= 15 is 0 Å². The molecule has 0 spiro atoms. The fraction of sp³-hybridized carbons (Fsp3) is 1.00. The van der Waals surface area contributed by atoms with Gasteiger partial charge in [-0.05, 0) is 33.1 Å². The quantitative estimate of drug-likeness (QED) is 0.270. The summed E-state index contributed by atoms with van der Waals surface area (Å²) in [6.45, 7) is 11.0. The summed E-state index contributed by atoms with van der Waals surface area (Å²) < 4.78 is 16.6. The zero-order chi connectivity index (χ0) is 11.9. The van der Waals surface area contributed by atoms with Crippen LogP contribution in [0.1, 0.15) is 118 Å². The maximum Gasteiger partial charge on any atom is 0.199 e. The summed E-state index contributed by atoms with van der Waals surface area (Å²) in [6.07, 6.45) is 1.26. The normalized spacial score (nSPS) is 6.60. The van der Waals surface area contributed by atoms with E-state index in [-0.39, 0.29) is 118 Å². The van der Waals surface area contributed by atoms with Gasteiger partial charge in [0, 0.05) is 6.61 Å². The Hall–Kier alpha value is 0.274. The number of aliphatic hydroxyl groups excluding tert-OH is 1. The van der Waals surface area contributed by atoms with Gasteiger partial charge in [-0.15, -0.1) is 0 Å². The van der Waals surface area contributed by atoms with Gasteiger partial charge < -0.3 is 18.7 Å². The van der Waals surface area contributed by atoms with Crippen molar-refractivity contribution in [2.24, 2.45) is 0 Å². The number of aliphatic hydroxyl groups is 1. The molecule has 6 heteroatoms. The second-order valence-corrected chi connectivity index (χ2v) is 13.2. The Balaban J connectivity index is -0.00000000933. The lowest BCUT2D eigenvalue weighted by molar-refractivity contribution is 0.0156. The molecule has 0 aromatic carbocycles. The number of hydrogen-bond donors (Lipinski definition) is 1. The van der Waals surface area contributed by atoms with Crippen molar-refractivity contribution in [3.8, 4) is 0 Å². The monoisotopic (exact) mass is 493 g/mol. The zero-order valence-electron chi connectivity index (χ0n) is 10.5. The average molecular weight is 493 g/mol. The highest BCUT2D eigenvalue weighted by Crippen LogP contribution is 2.15. The van der Waals surface area contributed by atoms with E-state index in [9.17, 15) is 0 Å². The van der Waals surface area contributed by atoms with Crippen LogP contribution in [-0.2, 0) is 13.6 Å². The van der Waals surface area contributed by atoms with Crippen LogP contribution in [0.5, 0.6) is 0 Å². The average Bonchev–Trinajstić information content (AvgIpc) is 2.10. The predicted octanol–water partition coefficient (Wildman–Crippen LogP) is 11.0. The van der Waals surface area contributed by atoms with Gasteiger partial charge in [-0.25, -0.2) is 0 Å². The third-order valence-corrected chi connectivity index (χ3v) is 7.97. The minimum absolute atomic E-state index is 0. The first kappa shape index (κ1) is 127. The Morgan fingerprint density at radius 3 is 0.933 bits per heavy atom. The van der Waals surface area contributed by atoms with Crippen molar-refractivity contribution in [3.05, 3.63) is 0 Å². The van der Waals surface area contributed by atoms with E-state index in [4.69, 9.17) is 18.7 Å². The van der Waals surface area contributed by atoms with Crippen LogP contribution in [0.25, 0.3) is 0 Å². The summed E-state index contributed by atoms with van der Waals surface area (Å²) in [4.78, 5) is 0. The van der Waals surface area contributed by atoms with E-state index in [2.05, 4.69) is 26.2 Å². The van der Waals surface area contributed by atoms with Crippen molar-refractivity contribution in [1.82, 2.24) is 0 Å². The van der Waals surface area contributed by atoms with E-state index in [0.29, 0.717) is 6.23 Å². The number of hydrogen-bond acceptors (Lipinski definition) is 4. The molecule has 0 bridgehead atoms. The molecule has 0 amide bonds. The van der Waals surface area contributed by atoms with Crippen LogP contribution >= 0.6 is 0 Å². The minimum atomic E-state index is -1.81. The van der Waals surface area contributed by atoms with E-state index in [0.717, 1.165) is 12.8 Å². The molecule has 30 heavy (non-hydrogen) atoms. The molecule has 0 saturated heterocycles. The van der Waals surface area contributed by atoms with E-state index in [1.54, 1.807) is 0 Å². The molecule has 0 aliphatic carbocycles. The molecule has 1 N–H and O–H groups in total. The lowest BCUT2D eigenvalue weighted by Crippen LogP contribution is -2.50. The van der Waals surface area contributed by atoms with Crippen LogP contribution in [-0.4, -0.2) is 47.6 Å². The number of rotatable bonds is 8. The number of ether oxygens (including phenoxy) is 2. The highest BCUT2D eigenvalue weighted by Gasteiger charge is 2.33. The predicted molar refractivity (Wildman–Crippen MR) is 167 cm³/mol. The molecule has 212 valence electrons. The largest absolute Gasteiger partial charge is 0.453 e. The van der Waals surface area contributed by atoms with Gasteiger partial charge in [-0.3, -0.25) is 0 Å². The summed E-state index contributed by atoms with van der Waals surface area (Å²) >= 11 is 0. The Bertz CT molecular complexity index is 163. The van der Waals surface area contributed by atoms with Gasteiger partial charge in [0.15, 0.2) is 16.6 Å². The van der Waals surface area contributed by atoms with Crippen molar-refractivity contribution in [1.29, 1.82) is 0 Å². The lowest BCUT2D eigenvalue weighted by atomic mass is 10.9. The Kier molecular flexibility index (Phi) is 267. The first-order valence-corrected chi connectivity index (χ1v) is 11.5. The topological polar surface area (TPSA) is 47.9 Å². The van der Waals surface area contributed by atoms with Crippen molar-refractivity contribution < 1.29 is 18.7 Å². The summed E-state index contributed by atoms with van der Waals surface area (Å²) in [5.41, 5.74) is 0. The Labute approximate surface area is 205 Å². The maximum atomic E-state index is 8.60. The first-order valence-electron chi connectivity index (χ1n) is 5.29. The standard InChI is InChI=1S/C9H24O4Si2.15CH4/c1-6-11-8-14(2,3)13-15(4,5)9-12-7-10;;;;;;;;;;;;;;;/h10H,6-9H2,1-5H3;15*1H4.